The second kappa shape index (κ2) is 4.00. The summed E-state index contributed by atoms with van der Waals surface area (Å²) in [6.07, 6.45) is 3.38. The summed E-state index contributed by atoms with van der Waals surface area (Å²) in [5.41, 5.74) is 1.44. The van der Waals surface area contributed by atoms with Gasteiger partial charge in [-0.1, -0.05) is 0 Å². The van der Waals surface area contributed by atoms with Gasteiger partial charge in [0.2, 0.25) is 0 Å². The van der Waals surface area contributed by atoms with Crippen LogP contribution in [-0.4, -0.2) is 21.1 Å². The van der Waals surface area contributed by atoms with Gasteiger partial charge in [0.05, 0.1) is 11.7 Å². The fourth-order valence-corrected chi connectivity index (χ4v) is 1.33. The number of H-pyrrole nitrogens is 2. The van der Waals surface area contributed by atoms with Gasteiger partial charge in [-0.05, 0) is 25.1 Å². The molecule has 0 saturated carbocycles. The zero-order chi connectivity index (χ0) is 10.7. The van der Waals surface area contributed by atoms with Gasteiger partial charge in [-0.3, -0.25) is 9.89 Å². The molecule has 0 saturated heterocycles. The maximum atomic E-state index is 11.6. The Bertz CT molecular complexity index is 418. The summed E-state index contributed by atoms with van der Waals surface area (Å²) in [4.78, 5) is 14.5. The quantitative estimate of drug-likeness (QED) is 0.703. The van der Waals surface area contributed by atoms with Gasteiger partial charge >= 0.3 is 0 Å². The van der Waals surface area contributed by atoms with Crippen molar-refractivity contribution in [1.82, 2.24) is 20.5 Å². The van der Waals surface area contributed by atoms with Crippen molar-refractivity contribution in [2.45, 2.75) is 13.0 Å². The Hall–Kier alpha value is -2.04. The van der Waals surface area contributed by atoms with E-state index in [0.717, 1.165) is 5.69 Å². The van der Waals surface area contributed by atoms with E-state index in [9.17, 15) is 4.79 Å². The number of aromatic nitrogens is 3. The van der Waals surface area contributed by atoms with Crippen LogP contribution in [0.15, 0.2) is 30.6 Å². The number of amides is 1. The van der Waals surface area contributed by atoms with Crippen LogP contribution < -0.4 is 5.32 Å². The van der Waals surface area contributed by atoms with E-state index >= 15 is 0 Å². The van der Waals surface area contributed by atoms with Crippen LogP contribution in [0.2, 0.25) is 0 Å². The van der Waals surface area contributed by atoms with E-state index in [1.165, 1.54) is 0 Å². The highest BCUT2D eigenvalue weighted by Crippen LogP contribution is 2.08. The molecule has 0 aliphatic carbocycles. The van der Waals surface area contributed by atoms with Gasteiger partial charge in [0.25, 0.3) is 5.91 Å². The topological polar surface area (TPSA) is 73.6 Å². The molecule has 0 bridgehead atoms. The van der Waals surface area contributed by atoms with Gasteiger partial charge < -0.3 is 10.3 Å². The molecule has 2 aromatic rings. The summed E-state index contributed by atoms with van der Waals surface area (Å²) in [5, 5.41) is 9.49. The first-order chi connectivity index (χ1) is 7.27. The van der Waals surface area contributed by atoms with Crippen molar-refractivity contribution in [2.24, 2.45) is 0 Å². The van der Waals surface area contributed by atoms with E-state index in [-0.39, 0.29) is 11.9 Å². The molecule has 3 N–H and O–H groups in total. The molecule has 1 atom stereocenters. The third-order valence-corrected chi connectivity index (χ3v) is 2.18. The second-order valence-electron chi connectivity index (χ2n) is 3.29. The second-order valence-corrected chi connectivity index (χ2v) is 3.29. The Morgan fingerprint density at radius 1 is 1.53 bits per heavy atom. The Morgan fingerprint density at radius 2 is 2.40 bits per heavy atom. The molecule has 15 heavy (non-hydrogen) atoms. The first-order valence-corrected chi connectivity index (χ1v) is 4.71. The molecule has 0 fully saturated rings. The first kappa shape index (κ1) is 9.51. The van der Waals surface area contributed by atoms with E-state index in [0.29, 0.717) is 5.69 Å². The smallest absolute Gasteiger partial charge is 0.268 e. The molecule has 0 spiro atoms. The molecule has 78 valence electrons. The van der Waals surface area contributed by atoms with Crippen molar-refractivity contribution in [3.63, 3.8) is 0 Å². The number of hydrogen-bond acceptors (Lipinski definition) is 2. The lowest BCUT2D eigenvalue weighted by Crippen LogP contribution is -2.27. The van der Waals surface area contributed by atoms with Crippen molar-refractivity contribution in [2.75, 3.05) is 0 Å². The van der Waals surface area contributed by atoms with Gasteiger partial charge in [-0.25, -0.2) is 0 Å². The van der Waals surface area contributed by atoms with Gasteiger partial charge in [0.1, 0.15) is 5.69 Å². The van der Waals surface area contributed by atoms with Crippen LogP contribution in [0.4, 0.5) is 0 Å². The summed E-state index contributed by atoms with van der Waals surface area (Å²) in [5.74, 6) is -0.123. The Labute approximate surface area is 86.9 Å². The fraction of sp³-hybridized carbons (Fsp3) is 0.200. The van der Waals surface area contributed by atoms with E-state index < -0.39 is 0 Å². The molecule has 2 rings (SSSR count). The number of hydrogen-bond donors (Lipinski definition) is 3. The molecule has 0 radical (unpaired) electrons. The summed E-state index contributed by atoms with van der Waals surface area (Å²) >= 11 is 0. The highest BCUT2D eigenvalue weighted by atomic mass is 16.1. The number of rotatable bonds is 3. The monoisotopic (exact) mass is 204 g/mol. The fourth-order valence-electron chi connectivity index (χ4n) is 1.33. The minimum absolute atomic E-state index is 0.0803. The van der Waals surface area contributed by atoms with Gasteiger partial charge in [-0.15, -0.1) is 0 Å². The first-order valence-electron chi connectivity index (χ1n) is 4.71. The molecule has 1 amide bonds. The van der Waals surface area contributed by atoms with Crippen LogP contribution in [0.25, 0.3) is 0 Å². The molecular formula is C10H12N4O. The van der Waals surface area contributed by atoms with Crippen molar-refractivity contribution >= 4 is 5.91 Å². The molecule has 0 aromatic carbocycles. The molecule has 2 heterocycles. The molecule has 5 nitrogen and oxygen atoms in total. The van der Waals surface area contributed by atoms with Crippen LogP contribution in [-0.2, 0) is 0 Å². The lowest BCUT2D eigenvalue weighted by molar-refractivity contribution is 0.0934. The van der Waals surface area contributed by atoms with Crippen molar-refractivity contribution in [3.8, 4) is 0 Å². The minimum atomic E-state index is -0.123. The highest BCUT2D eigenvalue weighted by molar-refractivity contribution is 5.92. The van der Waals surface area contributed by atoms with Crippen molar-refractivity contribution in [1.29, 1.82) is 0 Å². The Kier molecular flexibility index (Phi) is 2.53. The molecule has 2 aromatic heterocycles. The minimum Gasteiger partial charge on any atom is -0.357 e. The summed E-state index contributed by atoms with van der Waals surface area (Å²) in [6, 6.07) is 5.27. The van der Waals surface area contributed by atoms with Crippen LogP contribution in [0.1, 0.15) is 29.1 Å². The van der Waals surface area contributed by atoms with Crippen molar-refractivity contribution < 1.29 is 4.79 Å². The number of aromatic amines is 2. The van der Waals surface area contributed by atoms with Crippen LogP contribution in [0.3, 0.4) is 0 Å². The third-order valence-electron chi connectivity index (χ3n) is 2.18. The average Bonchev–Trinajstić information content (AvgIpc) is 2.91. The largest absolute Gasteiger partial charge is 0.357 e. The lowest BCUT2D eigenvalue weighted by atomic mass is 10.2. The predicted octanol–water partition coefficient (Wildman–Crippen LogP) is 1.23. The third kappa shape index (κ3) is 2.07. The van der Waals surface area contributed by atoms with E-state index in [4.69, 9.17) is 0 Å². The molecule has 5 heteroatoms. The summed E-state index contributed by atoms with van der Waals surface area (Å²) < 4.78 is 0. The van der Waals surface area contributed by atoms with E-state index in [1.54, 1.807) is 24.5 Å². The maximum Gasteiger partial charge on any atom is 0.268 e. The predicted molar refractivity (Wildman–Crippen MR) is 55.3 cm³/mol. The van der Waals surface area contributed by atoms with E-state index in [1.807, 2.05) is 13.0 Å². The van der Waals surface area contributed by atoms with Crippen LogP contribution in [0, 0.1) is 0 Å². The molecular weight excluding hydrogens is 192 g/mol. The SMILES string of the molecule is CC(NC(=O)c1ccc[nH]1)c1ccn[nH]1. The number of nitrogens with one attached hydrogen (secondary N) is 3. The van der Waals surface area contributed by atoms with Crippen LogP contribution >= 0.6 is 0 Å². The van der Waals surface area contributed by atoms with E-state index in [2.05, 4.69) is 20.5 Å². The standard InChI is InChI=1S/C10H12N4O/c1-7(8-4-6-12-14-8)13-10(15)9-3-2-5-11-9/h2-7,11H,1H3,(H,12,14)(H,13,15). The average molecular weight is 204 g/mol. The number of nitrogens with zero attached hydrogens (tertiary/aromatic N) is 1. The summed E-state index contributed by atoms with van der Waals surface area (Å²) in [6.45, 7) is 1.90. The highest BCUT2D eigenvalue weighted by Gasteiger charge is 2.12. The number of carbonyl (C=O) groups excluding carboxylic acids is 1. The van der Waals surface area contributed by atoms with Gasteiger partial charge in [-0.2, -0.15) is 5.10 Å². The Balaban J connectivity index is 2.01. The van der Waals surface area contributed by atoms with Gasteiger partial charge in [0.15, 0.2) is 0 Å². The molecule has 0 aliphatic heterocycles. The van der Waals surface area contributed by atoms with Gasteiger partial charge in [0, 0.05) is 12.4 Å². The van der Waals surface area contributed by atoms with Crippen molar-refractivity contribution in [3.05, 3.63) is 42.0 Å². The zero-order valence-electron chi connectivity index (χ0n) is 8.32. The number of carbonyl (C=O) groups is 1. The van der Waals surface area contributed by atoms with Crippen LogP contribution in [0.5, 0.6) is 0 Å². The normalized spacial score (nSPS) is 12.3. The molecule has 0 aliphatic rings. The summed E-state index contributed by atoms with van der Waals surface area (Å²) in [7, 11) is 0. The lowest BCUT2D eigenvalue weighted by Gasteiger charge is -2.10. The Morgan fingerprint density at radius 3 is 3.00 bits per heavy atom. The maximum absolute atomic E-state index is 11.6. The zero-order valence-corrected chi connectivity index (χ0v) is 8.32. The molecule has 1 unspecified atom stereocenters.